The summed E-state index contributed by atoms with van der Waals surface area (Å²) in [5, 5.41) is 6.96. The molecule has 3 aromatic heterocycles. The van der Waals surface area contributed by atoms with Gasteiger partial charge < -0.3 is 11.1 Å². The van der Waals surface area contributed by atoms with E-state index in [-0.39, 0.29) is 5.91 Å². The third-order valence-corrected chi connectivity index (χ3v) is 6.91. The van der Waals surface area contributed by atoms with E-state index in [2.05, 4.69) is 38.9 Å². The van der Waals surface area contributed by atoms with Gasteiger partial charge in [-0.25, -0.2) is 9.97 Å². The third-order valence-electron chi connectivity index (χ3n) is 4.95. The lowest BCUT2D eigenvalue weighted by atomic mass is 10.0. The van der Waals surface area contributed by atoms with E-state index >= 15 is 0 Å². The largest absolute Gasteiger partial charge is 0.383 e. The summed E-state index contributed by atoms with van der Waals surface area (Å²) in [6.07, 6.45) is 1.82. The van der Waals surface area contributed by atoms with Gasteiger partial charge in [0.1, 0.15) is 5.82 Å². The lowest BCUT2D eigenvalue weighted by molar-refractivity contribution is -0.114. The number of hydrogen-bond acceptors (Lipinski definition) is 6. The molecule has 0 spiro atoms. The summed E-state index contributed by atoms with van der Waals surface area (Å²) in [5.41, 5.74) is 12.3. The SMILES string of the molecule is CC(=O)Nc1ccc(-c2cnc(N)c3c(-c4ccc5sc(C)nc5c4)csc23)cc1. The molecule has 0 unspecified atom stereocenters. The Labute approximate surface area is 181 Å². The molecule has 0 fully saturated rings. The maximum absolute atomic E-state index is 11.3. The van der Waals surface area contributed by atoms with Gasteiger partial charge in [0, 0.05) is 40.0 Å². The van der Waals surface area contributed by atoms with Crippen molar-refractivity contribution in [3.8, 4) is 22.3 Å². The Morgan fingerprint density at radius 1 is 1.07 bits per heavy atom. The molecule has 30 heavy (non-hydrogen) atoms. The van der Waals surface area contributed by atoms with Crippen molar-refractivity contribution in [1.29, 1.82) is 0 Å². The van der Waals surface area contributed by atoms with Gasteiger partial charge in [-0.15, -0.1) is 22.7 Å². The molecule has 3 N–H and O–H groups in total. The van der Waals surface area contributed by atoms with Gasteiger partial charge in [-0.3, -0.25) is 4.79 Å². The van der Waals surface area contributed by atoms with E-state index in [0.29, 0.717) is 5.82 Å². The Morgan fingerprint density at radius 3 is 2.60 bits per heavy atom. The molecule has 0 aliphatic rings. The maximum atomic E-state index is 11.3. The molecule has 5 rings (SSSR count). The van der Waals surface area contributed by atoms with Gasteiger partial charge in [0.15, 0.2) is 0 Å². The van der Waals surface area contributed by atoms with Gasteiger partial charge in [0.05, 0.1) is 15.2 Å². The summed E-state index contributed by atoms with van der Waals surface area (Å²) in [6.45, 7) is 3.52. The van der Waals surface area contributed by atoms with Crippen LogP contribution < -0.4 is 11.1 Å². The first-order chi connectivity index (χ1) is 14.5. The molecule has 2 aromatic carbocycles. The number of anilines is 2. The molecule has 5 nitrogen and oxygen atoms in total. The zero-order chi connectivity index (χ0) is 20.8. The number of fused-ring (bicyclic) bond motifs is 2. The zero-order valence-corrected chi connectivity index (χ0v) is 18.0. The molecule has 0 saturated carbocycles. The topological polar surface area (TPSA) is 80.9 Å². The summed E-state index contributed by atoms with van der Waals surface area (Å²) < 4.78 is 2.28. The monoisotopic (exact) mass is 430 g/mol. The summed E-state index contributed by atoms with van der Waals surface area (Å²) in [7, 11) is 0. The van der Waals surface area contributed by atoms with Gasteiger partial charge in [0.2, 0.25) is 5.91 Å². The minimum absolute atomic E-state index is 0.0885. The first-order valence-electron chi connectivity index (χ1n) is 9.41. The van der Waals surface area contributed by atoms with E-state index < -0.39 is 0 Å². The van der Waals surface area contributed by atoms with Crippen LogP contribution in [0.2, 0.25) is 0 Å². The Balaban J connectivity index is 1.63. The van der Waals surface area contributed by atoms with Crippen LogP contribution in [-0.4, -0.2) is 15.9 Å². The number of rotatable bonds is 3. The normalized spacial score (nSPS) is 11.3. The van der Waals surface area contributed by atoms with Gasteiger partial charge in [-0.05, 0) is 47.7 Å². The molecule has 1 amide bonds. The summed E-state index contributed by atoms with van der Waals surface area (Å²) in [4.78, 5) is 20.4. The van der Waals surface area contributed by atoms with Crippen LogP contribution >= 0.6 is 22.7 Å². The van der Waals surface area contributed by atoms with Crippen LogP contribution in [0.1, 0.15) is 11.9 Å². The smallest absolute Gasteiger partial charge is 0.221 e. The predicted molar refractivity (Wildman–Crippen MR) is 127 cm³/mol. The number of amides is 1. The number of nitrogens with zero attached hydrogens (tertiary/aromatic N) is 2. The van der Waals surface area contributed by atoms with Crippen LogP contribution in [-0.2, 0) is 4.79 Å². The lowest BCUT2D eigenvalue weighted by Gasteiger charge is -2.08. The van der Waals surface area contributed by atoms with Crippen LogP contribution in [0.4, 0.5) is 11.5 Å². The molecule has 0 aliphatic carbocycles. The molecule has 3 heterocycles. The molecule has 0 saturated heterocycles. The minimum Gasteiger partial charge on any atom is -0.383 e. The molecule has 7 heteroatoms. The van der Waals surface area contributed by atoms with Crippen molar-refractivity contribution in [1.82, 2.24) is 9.97 Å². The molecule has 0 atom stereocenters. The Hall–Kier alpha value is -3.29. The number of thiophene rings is 1. The number of pyridine rings is 1. The number of nitrogens with one attached hydrogen (secondary N) is 1. The van der Waals surface area contributed by atoms with Crippen molar-refractivity contribution in [2.24, 2.45) is 0 Å². The predicted octanol–water partition coefficient (Wildman–Crippen LogP) is 6.09. The fourth-order valence-corrected chi connectivity index (χ4v) is 5.56. The van der Waals surface area contributed by atoms with Crippen LogP contribution in [0.3, 0.4) is 0 Å². The fraction of sp³-hybridized carbons (Fsp3) is 0.0870. The zero-order valence-electron chi connectivity index (χ0n) is 16.4. The maximum Gasteiger partial charge on any atom is 0.221 e. The second-order valence-corrected chi connectivity index (χ2v) is 9.20. The van der Waals surface area contributed by atoms with Gasteiger partial charge >= 0.3 is 0 Å². The highest BCUT2D eigenvalue weighted by molar-refractivity contribution is 7.19. The highest BCUT2D eigenvalue weighted by atomic mass is 32.1. The van der Waals surface area contributed by atoms with Crippen LogP contribution in [0, 0.1) is 6.92 Å². The first-order valence-corrected chi connectivity index (χ1v) is 11.1. The fourth-order valence-electron chi connectivity index (χ4n) is 3.63. The van der Waals surface area contributed by atoms with E-state index in [1.54, 1.807) is 22.7 Å². The standard InChI is InChI=1S/C23H18N4OS2/c1-12(28)26-16-6-3-14(4-7-16)17-10-25-23(24)21-18(11-29-22(17)21)15-5-8-20-19(9-15)27-13(2)30-20/h3-11H,1-2H3,(H2,24,25)(H,26,28). The number of aryl methyl sites for hydroxylation is 1. The molecule has 148 valence electrons. The number of hydrogen-bond donors (Lipinski definition) is 2. The number of benzene rings is 2. The molecular formula is C23H18N4OS2. The average Bonchev–Trinajstić information content (AvgIpc) is 3.31. The van der Waals surface area contributed by atoms with Crippen LogP contribution in [0.25, 0.3) is 42.6 Å². The van der Waals surface area contributed by atoms with Crippen molar-refractivity contribution in [3.05, 3.63) is 59.0 Å². The van der Waals surface area contributed by atoms with E-state index in [9.17, 15) is 4.79 Å². The van der Waals surface area contributed by atoms with Gasteiger partial charge in [-0.2, -0.15) is 0 Å². The minimum atomic E-state index is -0.0885. The highest BCUT2D eigenvalue weighted by Crippen LogP contribution is 2.42. The van der Waals surface area contributed by atoms with Crippen molar-refractivity contribution < 1.29 is 4.79 Å². The Kier molecular flexibility index (Phi) is 4.49. The van der Waals surface area contributed by atoms with Crippen LogP contribution in [0.5, 0.6) is 0 Å². The highest BCUT2D eigenvalue weighted by Gasteiger charge is 2.16. The van der Waals surface area contributed by atoms with E-state index in [0.717, 1.165) is 48.6 Å². The molecular weight excluding hydrogens is 412 g/mol. The number of carbonyl (C=O) groups excluding carboxylic acids is 1. The Morgan fingerprint density at radius 2 is 1.83 bits per heavy atom. The van der Waals surface area contributed by atoms with E-state index in [1.807, 2.05) is 37.4 Å². The Bertz CT molecular complexity index is 1420. The van der Waals surface area contributed by atoms with Crippen molar-refractivity contribution >= 4 is 60.4 Å². The number of carbonyl (C=O) groups is 1. The number of nitrogen functional groups attached to an aromatic ring is 1. The van der Waals surface area contributed by atoms with Crippen molar-refractivity contribution in [2.45, 2.75) is 13.8 Å². The molecule has 5 aromatic rings. The lowest BCUT2D eigenvalue weighted by Crippen LogP contribution is -2.05. The summed E-state index contributed by atoms with van der Waals surface area (Å²) in [6, 6.07) is 14.1. The second kappa shape index (κ2) is 7.19. The number of nitrogens with two attached hydrogens (primary N) is 1. The van der Waals surface area contributed by atoms with Crippen molar-refractivity contribution in [2.75, 3.05) is 11.1 Å². The summed E-state index contributed by atoms with van der Waals surface area (Å²) in [5.74, 6) is 0.434. The van der Waals surface area contributed by atoms with Gasteiger partial charge in [-0.1, -0.05) is 18.2 Å². The summed E-state index contributed by atoms with van der Waals surface area (Å²) >= 11 is 3.36. The van der Waals surface area contributed by atoms with Crippen LogP contribution in [0.15, 0.2) is 54.0 Å². The molecule has 0 radical (unpaired) electrons. The quantitative estimate of drug-likeness (QED) is 0.363. The molecule has 0 aliphatic heterocycles. The number of aromatic nitrogens is 2. The average molecular weight is 431 g/mol. The first kappa shape index (κ1) is 18.7. The third kappa shape index (κ3) is 3.22. The van der Waals surface area contributed by atoms with E-state index in [4.69, 9.17) is 5.73 Å². The second-order valence-electron chi connectivity index (χ2n) is 7.08. The molecule has 0 bridgehead atoms. The number of thiazole rings is 1. The van der Waals surface area contributed by atoms with Crippen molar-refractivity contribution in [3.63, 3.8) is 0 Å². The van der Waals surface area contributed by atoms with E-state index in [1.165, 1.54) is 11.6 Å². The van der Waals surface area contributed by atoms with Gasteiger partial charge in [0.25, 0.3) is 0 Å².